The van der Waals surface area contributed by atoms with Crippen molar-refractivity contribution < 1.29 is 14.3 Å². The van der Waals surface area contributed by atoms with E-state index in [1.807, 2.05) is 5.32 Å². The molecular weight excluding hydrogens is 198 g/mol. The summed E-state index contributed by atoms with van der Waals surface area (Å²) in [5.41, 5.74) is 10.5. The van der Waals surface area contributed by atoms with E-state index in [9.17, 15) is 9.59 Å². The molecule has 0 unspecified atom stereocenters. The third-order valence-corrected chi connectivity index (χ3v) is 2.48. The highest BCUT2D eigenvalue weighted by Crippen LogP contribution is 2.27. The summed E-state index contributed by atoms with van der Waals surface area (Å²) in [6, 6.07) is -0.869. The Morgan fingerprint density at radius 3 is 2.47 bits per heavy atom. The molecule has 3 amide bonds. The third-order valence-electron chi connectivity index (χ3n) is 2.48. The fraction of sp³-hybridized carbons (Fsp3) is 0.778. The highest BCUT2D eigenvalue weighted by molar-refractivity contribution is 5.94. The molecule has 0 radical (unpaired) electrons. The van der Waals surface area contributed by atoms with Crippen molar-refractivity contribution in [2.75, 3.05) is 13.2 Å². The average molecular weight is 215 g/mol. The summed E-state index contributed by atoms with van der Waals surface area (Å²) in [6.45, 7) is 0.168. The molecule has 1 aliphatic rings. The van der Waals surface area contributed by atoms with Crippen LogP contribution in [0, 0.1) is 0 Å². The Morgan fingerprint density at radius 1 is 1.33 bits per heavy atom. The van der Waals surface area contributed by atoms with Crippen molar-refractivity contribution in [1.29, 1.82) is 0 Å². The van der Waals surface area contributed by atoms with Crippen LogP contribution < -0.4 is 16.8 Å². The van der Waals surface area contributed by atoms with Crippen LogP contribution in [0.5, 0.6) is 0 Å². The van der Waals surface area contributed by atoms with Crippen molar-refractivity contribution in [1.82, 2.24) is 5.32 Å². The number of ether oxygens (including phenoxy) is 1. The van der Waals surface area contributed by atoms with Gasteiger partial charge in [0.05, 0.1) is 6.61 Å². The number of rotatable bonds is 4. The number of carbonyl (C=O) groups excluding carboxylic acids is 2. The number of imide groups is 1. The quantitative estimate of drug-likeness (QED) is 0.585. The molecule has 0 atom stereocenters. The van der Waals surface area contributed by atoms with Gasteiger partial charge >= 0.3 is 6.03 Å². The van der Waals surface area contributed by atoms with Gasteiger partial charge in [-0.15, -0.1) is 0 Å². The molecule has 0 aliphatic heterocycles. The van der Waals surface area contributed by atoms with Gasteiger partial charge in [0.2, 0.25) is 0 Å². The van der Waals surface area contributed by atoms with E-state index in [1.54, 1.807) is 0 Å². The molecule has 1 aliphatic carbocycles. The molecule has 1 rings (SSSR count). The molecule has 6 heteroatoms. The fourth-order valence-corrected chi connectivity index (χ4v) is 1.74. The number of amides is 3. The van der Waals surface area contributed by atoms with Crippen LogP contribution in [0.25, 0.3) is 0 Å². The predicted octanol–water partition coefficient (Wildman–Crippen LogP) is -0.531. The number of nitrogens with one attached hydrogen (secondary N) is 1. The molecule has 0 aromatic rings. The van der Waals surface area contributed by atoms with E-state index < -0.39 is 11.9 Å². The van der Waals surface area contributed by atoms with Crippen molar-refractivity contribution >= 4 is 11.9 Å². The lowest BCUT2D eigenvalue weighted by molar-refractivity contribution is -0.125. The summed E-state index contributed by atoms with van der Waals surface area (Å²) in [6.07, 6.45) is 4.05. The SMILES string of the molecule is NC(=O)NC(=O)COCC1(N)CCCC1. The molecule has 1 fully saturated rings. The van der Waals surface area contributed by atoms with Gasteiger partial charge in [-0.3, -0.25) is 10.1 Å². The number of primary amides is 1. The Morgan fingerprint density at radius 2 is 1.93 bits per heavy atom. The first-order chi connectivity index (χ1) is 7.02. The summed E-state index contributed by atoms with van der Waals surface area (Å²) < 4.78 is 5.14. The summed E-state index contributed by atoms with van der Waals surface area (Å²) in [7, 11) is 0. The van der Waals surface area contributed by atoms with Gasteiger partial charge in [-0.2, -0.15) is 0 Å². The highest BCUT2D eigenvalue weighted by Gasteiger charge is 2.29. The van der Waals surface area contributed by atoms with Crippen molar-refractivity contribution in [2.45, 2.75) is 31.2 Å². The molecule has 0 aromatic heterocycles. The van der Waals surface area contributed by atoms with E-state index in [0.717, 1.165) is 25.7 Å². The lowest BCUT2D eigenvalue weighted by Crippen LogP contribution is -2.43. The van der Waals surface area contributed by atoms with Crippen molar-refractivity contribution in [3.05, 3.63) is 0 Å². The zero-order chi connectivity index (χ0) is 11.3. The first-order valence-corrected chi connectivity index (χ1v) is 4.98. The number of nitrogens with two attached hydrogens (primary N) is 2. The van der Waals surface area contributed by atoms with Crippen molar-refractivity contribution in [3.63, 3.8) is 0 Å². The van der Waals surface area contributed by atoms with Crippen LogP contribution in [0.1, 0.15) is 25.7 Å². The van der Waals surface area contributed by atoms with Gasteiger partial charge in [-0.1, -0.05) is 12.8 Å². The first kappa shape index (κ1) is 11.9. The largest absolute Gasteiger partial charge is 0.370 e. The van der Waals surface area contributed by atoms with E-state index in [2.05, 4.69) is 0 Å². The number of hydrogen-bond donors (Lipinski definition) is 3. The zero-order valence-electron chi connectivity index (χ0n) is 8.62. The van der Waals surface area contributed by atoms with Gasteiger partial charge in [0.25, 0.3) is 5.91 Å². The molecule has 0 aromatic carbocycles. The Balaban J connectivity index is 2.15. The molecular formula is C9H17N3O3. The maximum Gasteiger partial charge on any atom is 0.318 e. The maximum atomic E-state index is 11.0. The lowest BCUT2D eigenvalue weighted by Gasteiger charge is -2.22. The Kier molecular flexibility index (Phi) is 4.05. The topological polar surface area (TPSA) is 107 Å². The van der Waals surface area contributed by atoms with Crippen LogP contribution in [0.3, 0.4) is 0 Å². The Hall–Kier alpha value is -1.14. The van der Waals surface area contributed by atoms with Crippen molar-refractivity contribution in [3.8, 4) is 0 Å². The molecule has 0 bridgehead atoms. The fourth-order valence-electron chi connectivity index (χ4n) is 1.74. The number of hydrogen-bond acceptors (Lipinski definition) is 4. The van der Waals surface area contributed by atoms with E-state index in [4.69, 9.17) is 16.2 Å². The van der Waals surface area contributed by atoms with Crippen LogP contribution in [0.15, 0.2) is 0 Å². The highest BCUT2D eigenvalue weighted by atomic mass is 16.5. The molecule has 86 valence electrons. The van der Waals surface area contributed by atoms with Crippen LogP contribution in [-0.2, 0) is 9.53 Å². The van der Waals surface area contributed by atoms with Gasteiger partial charge in [0.15, 0.2) is 0 Å². The van der Waals surface area contributed by atoms with E-state index in [1.165, 1.54) is 0 Å². The van der Waals surface area contributed by atoms with Crippen LogP contribution in [0.2, 0.25) is 0 Å². The zero-order valence-corrected chi connectivity index (χ0v) is 8.62. The predicted molar refractivity (Wildman–Crippen MR) is 53.9 cm³/mol. The van der Waals surface area contributed by atoms with Gasteiger partial charge in [-0.05, 0) is 12.8 Å². The van der Waals surface area contributed by atoms with E-state index in [-0.39, 0.29) is 12.1 Å². The monoisotopic (exact) mass is 215 g/mol. The minimum atomic E-state index is -0.869. The second kappa shape index (κ2) is 5.09. The molecule has 0 spiro atoms. The molecule has 15 heavy (non-hydrogen) atoms. The molecule has 0 heterocycles. The molecule has 0 saturated heterocycles. The second-order valence-corrected chi connectivity index (χ2v) is 3.97. The second-order valence-electron chi connectivity index (χ2n) is 3.97. The molecule has 5 N–H and O–H groups in total. The summed E-state index contributed by atoms with van der Waals surface area (Å²) in [4.78, 5) is 21.3. The minimum absolute atomic E-state index is 0.179. The van der Waals surface area contributed by atoms with E-state index >= 15 is 0 Å². The van der Waals surface area contributed by atoms with Crippen LogP contribution in [-0.4, -0.2) is 30.7 Å². The average Bonchev–Trinajstić information content (AvgIpc) is 2.51. The minimum Gasteiger partial charge on any atom is -0.370 e. The Bertz CT molecular complexity index is 249. The van der Waals surface area contributed by atoms with Crippen LogP contribution in [0.4, 0.5) is 4.79 Å². The smallest absolute Gasteiger partial charge is 0.318 e. The maximum absolute atomic E-state index is 11.0. The van der Waals surface area contributed by atoms with Gasteiger partial charge in [0.1, 0.15) is 6.61 Å². The normalized spacial score (nSPS) is 18.7. The summed E-state index contributed by atoms with van der Waals surface area (Å²) >= 11 is 0. The first-order valence-electron chi connectivity index (χ1n) is 4.98. The van der Waals surface area contributed by atoms with Crippen LogP contribution >= 0.6 is 0 Å². The van der Waals surface area contributed by atoms with Crippen molar-refractivity contribution in [2.24, 2.45) is 11.5 Å². The molecule has 1 saturated carbocycles. The van der Waals surface area contributed by atoms with Gasteiger partial charge < -0.3 is 16.2 Å². The number of carbonyl (C=O) groups is 2. The lowest BCUT2D eigenvalue weighted by atomic mass is 10.0. The standard InChI is InChI=1S/C9H17N3O3/c10-8(14)12-7(13)5-15-6-9(11)3-1-2-4-9/h1-6,11H2,(H3,10,12,13,14). The summed E-state index contributed by atoms with van der Waals surface area (Å²) in [5.74, 6) is -0.538. The van der Waals surface area contributed by atoms with E-state index in [0.29, 0.717) is 6.61 Å². The number of urea groups is 1. The molecule has 6 nitrogen and oxygen atoms in total. The summed E-state index contributed by atoms with van der Waals surface area (Å²) in [5, 5.41) is 1.91. The Labute approximate surface area is 88.3 Å². The van der Waals surface area contributed by atoms with Gasteiger partial charge in [-0.25, -0.2) is 4.79 Å². The third kappa shape index (κ3) is 4.26. The van der Waals surface area contributed by atoms with Gasteiger partial charge in [0, 0.05) is 5.54 Å².